The lowest BCUT2D eigenvalue weighted by Gasteiger charge is -2.44. The number of alkyl halides is 3. The van der Waals surface area contributed by atoms with Crippen molar-refractivity contribution in [1.82, 2.24) is 9.80 Å². The van der Waals surface area contributed by atoms with Crippen molar-refractivity contribution < 1.29 is 18.0 Å². The molecule has 0 saturated carbocycles. The maximum absolute atomic E-state index is 13.1. The van der Waals surface area contributed by atoms with Gasteiger partial charge in [-0.15, -0.1) is 0 Å². The second-order valence-electron chi connectivity index (χ2n) is 5.65. The fourth-order valence-electron chi connectivity index (χ4n) is 2.55. The van der Waals surface area contributed by atoms with Gasteiger partial charge in [0, 0.05) is 24.7 Å². The van der Waals surface area contributed by atoms with E-state index in [1.165, 1.54) is 16.8 Å². The van der Waals surface area contributed by atoms with Crippen molar-refractivity contribution >= 4 is 5.91 Å². The summed E-state index contributed by atoms with van der Waals surface area (Å²) in [7, 11) is 1.45. The molecule has 1 saturated heterocycles. The van der Waals surface area contributed by atoms with Crippen LogP contribution in [0, 0.1) is 6.92 Å². The summed E-state index contributed by atoms with van der Waals surface area (Å²) in [5.41, 5.74) is 1.43. The van der Waals surface area contributed by atoms with E-state index >= 15 is 0 Å². The fraction of sp³-hybridized carbons (Fsp3) is 0.533. The molecule has 21 heavy (non-hydrogen) atoms. The largest absolute Gasteiger partial charge is 0.405 e. The number of hydrogen-bond donors (Lipinski definition) is 0. The fourth-order valence-corrected chi connectivity index (χ4v) is 2.55. The first-order valence-corrected chi connectivity index (χ1v) is 6.84. The van der Waals surface area contributed by atoms with Gasteiger partial charge >= 0.3 is 6.18 Å². The normalized spacial score (nSPS) is 24.2. The number of halogens is 3. The Labute approximate surface area is 122 Å². The number of amides is 1. The van der Waals surface area contributed by atoms with Gasteiger partial charge in [0.25, 0.3) is 5.91 Å². The zero-order valence-corrected chi connectivity index (χ0v) is 12.3. The Morgan fingerprint density at radius 2 is 1.76 bits per heavy atom. The summed E-state index contributed by atoms with van der Waals surface area (Å²) in [5, 5.41) is 0. The maximum Gasteiger partial charge on any atom is 0.405 e. The van der Waals surface area contributed by atoms with Crippen LogP contribution < -0.4 is 0 Å². The molecule has 2 unspecified atom stereocenters. The first-order valence-electron chi connectivity index (χ1n) is 6.84. The minimum Gasteiger partial charge on any atom is -0.335 e. The van der Waals surface area contributed by atoms with Crippen LogP contribution in [0.15, 0.2) is 24.3 Å². The first-order chi connectivity index (χ1) is 9.70. The number of nitrogens with zero attached hydrogens (tertiary/aromatic N) is 2. The van der Waals surface area contributed by atoms with Crippen molar-refractivity contribution in [2.45, 2.75) is 32.1 Å². The van der Waals surface area contributed by atoms with Gasteiger partial charge in [-0.3, -0.25) is 9.69 Å². The lowest BCUT2D eigenvalue weighted by molar-refractivity contribution is -0.197. The predicted molar refractivity (Wildman–Crippen MR) is 74.2 cm³/mol. The molecular formula is C15H19F3N2O. The highest BCUT2D eigenvalue weighted by molar-refractivity contribution is 5.94. The minimum absolute atomic E-state index is 0.301. The molecule has 6 heteroatoms. The third kappa shape index (κ3) is 3.37. The van der Waals surface area contributed by atoms with Crippen LogP contribution in [0.2, 0.25) is 0 Å². The smallest absolute Gasteiger partial charge is 0.335 e. The van der Waals surface area contributed by atoms with Gasteiger partial charge in [-0.05, 0) is 33.0 Å². The van der Waals surface area contributed by atoms with Gasteiger partial charge in [-0.25, -0.2) is 0 Å². The summed E-state index contributed by atoms with van der Waals surface area (Å²) in [5.74, 6) is -0.343. The Bertz CT molecular complexity index is 513. The van der Waals surface area contributed by atoms with E-state index in [0.29, 0.717) is 12.1 Å². The highest BCUT2D eigenvalue weighted by Crippen LogP contribution is 2.29. The molecule has 0 aromatic heterocycles. The molecule has 1 aliphatic rings. The van der Waals surface area contributed by atoms with Crippen LogP contribution in [0.1, 0.15) is 22.8 Å². The Morgan fingerprint density at radius 3 is 2.29 bits per heavy atom. The minimum atomic E-state index is -4.34. The van der Waals surface area contributed by atoms with Gasteiger partial charge in [0.05, 0.1) is 0 Å². The third-order valence-electron chi connectivity index (χ3n) is 4.03. The van der Waals surface area contributed by atoms with E-state index < -0.39 is 12.2 Å². The molecule has 0 bridgehead atoms. The molecule has 1 aliphatic heterocycles. The van der Waals surface area contributed by atoms with E-state index in [4.69, 9.17) is 0 Å². The Balaban J connectivity index is 2.20. The van der Waals surface area contributed by atoms with E-state index in [0.717, 1.165) is 5.56 Å². The topological polar surface area (TPSA) is 23.6 Å². The van der Waals surface area contributed by atoms with Crippen molar-refractivity contribution in [3.8, 4) is 0 Å². The average Bonchev–Trinajstić information content (AvgIpc) is 2.40. The van der Waals surface area contributed by atoms with Crippen molar-refractivity contribution in [3.63, 3.8) is 0 Å². The number of hydrogen-bond acceptors (Lipinski definition) is 2. The number of aryl methyl sites for hydroxylation is 1. The summed E-state index contributed by atoms with van der Waals surface area (Å²) in [6.07, 6.45) is -4.34. The van der Waals surface area contributed by atoms with E-state index in [2.05, 4.69) is 0 Å². The Morgan fingerprint density at radius 1 is 1.19 bits per heavy atom. The van der Waals surface area contributed by atoms with Gasteiger partial charge in [-0.2, -0.15) is 13.2 Å². The third-order valence-corrected chi connectivity index (χ3v) is 4.03. The van der Waals surface area contributed by atoms with Gasteiger partial charge < -0.3 is 4.90 Å². The number of rotatable bonds is 1. The van der Waals surface area contributed by atoms with Crippen molar-refractivity contribution in [1.29, 1.82) is 0 Å². The van der Waals surface area contributed by atoms with Crippen molar-refractivity contribution in [2.24, 2.45) is 0 Å². The molecule has 1 aromatic carbocycles. The van der Waals surface area contributed by atoms with Crippen LogP contribution in [-0.2, 0) is 0 Å². The molecule has 0 radical (unpaired) electrons. The molecule has 1 heterocycles. The van der Waals surface area contributed by atoms with Crippen LogP contribution >= 0.6 is 0 Å². The zero-order valence-electron chi connectivity index (χ0n) is 12.3. The highest BCUT2D eigenvalue weighted by Gasteiger charge is 2.47. The van der Waals surface area contributed by atoms with Crippen LogP contribution in [0.3, 0.4) is 0 Å². The summed E-state index contributed by atoms with van der Waals surface area (Å²) in [6.45, 7) is 3.58. The Hall–Kier alpha value is -1.56. The van der Waals surface area contributed by atoms with E-state index in [1.807, 2.05) is 6.92 Å². The van der Waals surface area contributed by atoms with Crippen molar-refractivity contribution in [2.75, 3.05) is 20.1 Å². The standard InChI is InChI=1S/C15H19F3N2O/c1-10-4-6-12(7-5-10)14(21)20-8-11(2)19(3)13(9-20)15(16,17)18/h4-7,11,13H,8-9H2,1-3H3. The van der Waals surface area contributed by atoms with Crippen molar-refractivity contribution in [3.05, 3.63) is 35.4 Å². The lowest BCUT2D eigenvalue weighted by Crippen LogP contribution is -2.62. The molecule has 0 aliphatic carbocycles. The van der Waals surface area contributed by atoms with Crippen LogP contribution in [0.5, 0.6) is 0 Å². The molecule has 0 N–H and O–H groups in total. The first kappa shape index (κ1) is 15.8. The number of likely N-dealkylation sites (N-methyl/N-ethyl adjacent to an activating group) is 1. The summed E-state index contributed by atoms with van der Waals surface area (Å²) in [4.78, 5) is 15.0. The molecule has 1 aromatic rings. The molecular weight excluding hydrogens is 281 g/mol. The van der Waals surface area contributed by atoms with E-state index in [1.54, 1.807) is 31.2 Å². The highest BCUT2D eigenvalue weighted by atomic mass is 19.4. The maximum atomic E-state index is 13.1. The SMILES string of the molecule is Cc1ccc(C(=O)N2CC(C)N(C)C(C(F)(F)F)C2)cc1. The molecule has 0 spiro atoms. The summed E-state index contributed by atoms with van der Waals surface area (Å²) >= 11 is 0. The lowest BCUT2D eigenvalue weighted by atomic mass is 10.1. The second-order valence-corrected chi connectivity index (χ2v) is 5.65. The average molecular weight is 300 g/mol. The van der Waals surface area contributed by atoms with E-state index in [9.17, 15) is 18.0 Å². The predicted octanol–water partition coefficient (Wildman–Crippen LogP) is 2.70. The molecule has 2 rings (SSSR count). The number of carbonyl (C=O) groups is 1. The Kier molecular flexibility index (Phi) is 4.27. The van der Waals surface area contributed by atoms with Gasteiger partial charge in [0.2, 0.25) is 0 Å². The van der Waals surface area contributed by atoms with Gasteiger partial charge in [-0.1, -0.05) is 17.7 Å². The monoisotopic (exact) mass is 300 g/mol. The van der Waals surface area contributed by atoms with Crippen LogP contribution in [0.4, 0.5) is 13.2 Å². The molecule has 116 valence electrons. The zero-order chi connectivity index (χ0) is 15.8. The second kappa shape index (κ2) is 5.67. The quantitative estimate of drug-likeness (QED) is 0.796. The van der Waals surface area contributed by atoms with Crippen LogP contribution in [-0.4, -0.2) is 54.1 Å². The van der Waals surface area contributed by atoms with Gasteiger partial charge in [0.15, 0.2) is 0 Å². The number of carbonyl (C=O) groups excluding carboxylic acids is 1. The van der Waals surface area contributed by atoms with Crippen LogP contribution in [0.25, 0.3) is 0 Å². The molecule has 2 atom stereocenters. The van der Waals surface area contributed by atoms with E-state index in [-0.39, 0.29) is 18.5 Å². The van der Waals surface area contributed by atoms with Gasteiger partial charge in [0.1, 0.15) is 6.04 Å². The molecule has 3 nitrogen and oxygen atoms in total. The number of piperazine rings is 1. The summed E-state index contributed by atoms with van der Waals surface area (Å²) in [6, 6.07) is 4.93. The summed E-state index contributed by atoms with van der Waals surface area (Å²) < 4.78 is 39.2. The molecule has 1 fully saturated rings. The number of benzene rings is 1. The molecule has 1 amide bonds.